The van der Waals surface area contributed by atoms with Crippen molar-refractivity contribution in [1.29, 1.82) is 0 Å². The van der Waals surface area contributed by atoms with E-state index >= 15 is 0 Å². The standard InChI is InChI=1S/C19H26N2O2/c1-19(2,3)23-18(22)21-13-7-6-12-17(21)20-14-8-10-15-9-4-5-11-16(15)20/h4-5,8-11,17H,6-7,12-14H2,1-3H3. The molecule has 0 aromatic heterocycles. The van der Waals surface area contributed by atoms with E-state index in [9.17, 15) is 4.79 Å². The summed E-state index contributed by atoms with van der Waals surface area (Å²) >= 11 is 0. The van der Waals surface area contributed by atoms with Crippen LogP contribution >= 0.6 is 0 Å². The molecular weight excluding hydrogens is 288 g/mol. The maximum atomic E-state index is 12.6. The number of nitrogens with zero attached hydrogens (tertiary/aromatic N) is 2. The highest BCUT2D eigenvalue weighted by Crippen LogP contribution is 2.32. The molecule has 1 amide bonds. The molecule has 23 heavy (non-hydrogen) atoms. The highest BCUT2D eigenvalue weighted by atomic mass is 16.6. The number of piperidine rings is 1. The minimum Gasteiger partial charge on any atom is -0.444 e. The first kappa shape index (κ1) is 15.9. The van der Waals surface area contributed by atoms with Gasteiger partial charge in [0, 0.05) is 18.8 Å². The lowest BCUT2D eigenvalue weighted by atomic mass is 10.0. The minimum atomic E-state index is -0.460. The number of fused-ring (bicyclic) bond motifs is 1. The number of likely N-dealkylation sites (tertiary alicyclic amines) is 1. The van der Waals surface area contributed by atoms with Gasteiger partial charge in [0.05, 0.1) is 0 Å². The topological polar surface area (TPSA) is 32.8 Å². The van der Waals surface area contributed by atoms with Crippen LogP contribution in [0.3, 0.4) is 0 Å². The SMILES string of the molecule is CC(C)(C)OC(=O)N1CCCCC1N1CC=Cc2ccccc21. The molecule has 0 radical (unpaired) electrons. The Bertz CT molecular complexity index is 604. The van der Waals surface area contributed by atoms with Crippen LogP contribution in [0.2, 0.25) is 0 Å². The first-order valence-corrected chi connectivity index (χ1v) is 8.47. The van der Waals surface area contributed by atoms with Crippen molar-refractivity contribution in [3.63, 3.8) is 0 Å². The van der Waals surface area contributed by atoms with Crippen LogP contribution in [0.25, 0.3) is 6.08 Å². The van der Waals surface area contributed by atoms with Crippen LogP contribution in [0.5, 0.6) is 0 Å². The van der Waals surface area contributed by atoms with Crippen LogP contribution < -0.4 is 4.90 Å². The van der Waals surface area contributed by atoms with Gasteiger partial charge in [-0.1, -0.05) is 30.4 Å². The number of para-hydroxylation sites is 1. The van der Waals surface area contributed by atoms with Gasteiger partial charge in [-0.25, -0.2) is 4.79 Å². The summed E-state index contributed by atoms with van der Waals surface area (Å²) in [5.74, 6) is 0. The zero-order chi connectivity index (χ0) is 16.4. The van der Waals surface area contributed by atoms with Gasteiger partial charge in [0.25, 0.3) is 0 Å². The number of amides is 1. The minimum absolute atomic E-state index is 0.0738. The third kappa shape index (κ3) is 3.52. The molecule has 0 N–H and O–H groups in total. The molecular formula is C19H26N2O2. The Labute approximate surface area is 138 Å². The molecule has 0 aliphatic carbocycles. The second kappa shape index (κ2) is 6.26. The quantitative estimate of drug-likeness (QED) is 0.776. The summed E-state index contributed by atoms with van der Waals surface area (Å²) in [7, 11) is 0. The zero-order valence-corrected chi connectivity index (χ0v) is 14.3. The second-order valence-corrected chi connectivity index (χ2v) is 7.26. The molecule has 1 fully saturated rings. The Morgan fingerprint density at radius 3 is 2.78 bits per heavy atom. The first-order chi connectivity index (χ1) is 11.0. The average molecular weight is 314 g/mol. The second-order valence-electron chi connectivity index (χ2n) is 7.26. The Hall–Kier alpha value is -1.97. The molecule has 3 rings (SSSR count). The van der Waals surface area contributed by atoms with Crippen molar-refractivity contribution in [2.75, 3.05) is 18.0 Å². The Balaban J connectivity index is 1.85. The molecule has 1 aromatic carbocycles. The van der Waals surface area contributed by atoms with Crippen molar-refractivity contribution < 1.29 is 9.53 Å². The maximum Gasteiger partial charge on any atom is 0.411 e. The van der Waals surface area contributed by atoms with Gasteiger partial charge in [0.2, 0.25) is 0 Å². The number of rotatable bonds is 1. The molecule has 0 spiro atoms. The van der Waals surface area contributed by atoms with Gasteiger partial charge in [0.15, 0.2) is 0 Å². The fourth-order valence-corrected chi connectivity index (χ4v) is 3.34. The predicted molar refractivity (Wildman–Crippen MR) is 93.4 cm³/mol. The van der Waals surface area contributed by atoms with Crippen LogP contribution in [0.4, 0.5) is 10.5 Å². The summed E-state index contributed by atoms with van der Waals surface area (Å²) in [6.45, 7) is 7.36. The molecule has 4 nitrogen and oxygen atoms in total. The zero-order valence-electron chi connectivity index (χ0n) is 14.3. The van der Waals surface area contributed by atoms with E-state index < -0.39 is 5.60 Å². The Morgan fingerprint density at radius 1 is 1.22 bits per heavy atom. The van der Waals surface area contributed by atoms with Gasteiger partial charge in [-0.2, -0.15) is 0 Å². The molecule has 124 valence electrons. The van der Waals surface area contributed by atoms with E-state index in [-0.39, 0.29) is 12.3 Å². The van der Waals surface area contributed by atoms with Crippen molar-refractivity contribution in [3.8, 4) is 0 Å². The lowest BCUT2D eigenvalue weighted by Gasteiger charge is -2.44. The fourth-order valence-electron chi connectivity index (χ4n) is 3.34. The molecule has 2 heterocycles. The van der Waals surface area contributed by atoms with E-state index in [2.05, 4.69) is 41.3 Å². The van der Waals surface area contributed by atoms with Crippen molar-refractivity contribution in [3.05, 3.63) is 35.9 Å². The Kier molecular flexibility index (Phi) is 4.33. The molecule has 4 heteroatoms. The summed E-state index contributed by atoms with van der Waals surface area (Å²) in [5, 5.41) is 0. The number of anilines is 1. The lowest BCUT2D eigenvalue weighted by Crippen LogP contribution is -2.55. The number of carbonyl (C=O) groups excluding carboxylic acids is 1. The van der Waals surface area contributed by atoms with Crippen molar-refractivity contribution >= 4 is 17.9 Å². The largest absolute Gasteiger partial charge is 0.444 e. The van der Waals surface area contributed by atoms with Crippen molar-refractivity contribution in [1.82, 2.24) is 4.90 Å². The van der Waals surface area contributed by atoms with E-state index in [1.807, 2.05) is 25.7 Å². The van der Waals surface area contributed by atoms with E-state index in [0.717, 1.165) is 32.4 Å². The number of carbonyl (C=O) groups is 1. The molecule has 2 aliphatic rings. The van der Waals surface area contributed by atoms with Crippen LogP contribution in [-0.4, -0.2) is 35.8 Å². The normalized spacial score (nSPS) is 21.1. The summed E-state index contributed by atoms with van der Waals surface area (Å²) in [6.07, 6.45) is 7.38. The predicted octanol–water partition coefficient (Wildman–Crippen LogP) is 4.27. The number of benzene rings is 1. The smallest absolute Gasteiger partial charge is 0.411 e. The van der Waals surface area contributed by atoms with E-state index in [0.29, 0.717) is 0 Å². The summed E-state index contributed by atoms with van der Waals surface area (Å²) in [4.78, 5) is 16.9. The first-order valence-electron chi connectivity index (χ1n) is 8.47. The molecule has 1 atom stereocenters. The van der Waals surface area contributed by atoms with Crippen LogP contribution in [0.15, 0.2) is 30.3 Å². The van der Waals surface area contributed by atoms with E-state index in [4.69, 9.17) is 4.74 Å². The lowest BCUT2D eigenvalue weighted by molar-refractivity contribution is 0.00967. The third-order valence-corrected chi connectivity index (χ3v) is 4.30. The van der Waals surface area contributed by atoms with Gasteiger partial charge in [0.1, 0.15) is 11.8 Å². The van der Waals surface area contributed by atoms with E-state index in [1.54, 1.807) is 0 Å². The van der Waals surface area contributed by atoms with Gasteiger partial charge in [-0.05, 0) is 51.7 Å². The summed E-state index contributed by atoms with van der Waals surface area (Å²) in [5.41, 5.74) is 1.96. The van der Waals surface area contributed by atoms with Crippen LogP contribution in [0.1, 0.15) is 45.6 Å². The fraction of sp³-hybridized carbons (Fsp3) is 0.526. The molecule has 1 saturated heterocycles. The average Bonchev–Trinajstić information content (AvgIpc) is 2.53. The number of hydrogen-bond donors (Lipinski definition) is 0. The molecule has 0 saturated carbocycles. The third-order valence-electron chi connectivity index (χ3n) is 4.30. The number of ether oxygens (including phenoxy) is 1. The van der Waals surface area contributed by atoms with Crippen molar-refractivity contribution in [2.45, 2.75) is 51.8 Å². The molecule has 0 bridgehead atoms. The molecule has 2 aliphatic heterocycles. The molecule has 1 unspecified atom stereocenters. The summed E-state index contributed by atoms with van der Waals surface area (Å²) < 4.78 is 5.63. The highest BCUT2D eigenvalue weighted by Gasteiger charge is 2.34. The Morgan fingerprint density at radius 2 is 2.00 bits per heavy atom. The molecule has 1 aromatic rings. The highest BCUT2D eigenvalue weighted by molar-refractivity contribution is 5.74. The van der Waals surface area contributed by atoms with E-state index in [1.165, 1.54) is 11.3 Å². The van der Waals surface area contributed by atoms with Gasteiger partial charge in [-0.15, -0.1) is 0 Å². The van der Waals surface area contributed by atoms with Gasteiger partial charge < -0.3 is 9.64 Å². The maximum absolute atomic E-state index is 12.6. The van der Waals surface area contributed by atoms with Gasteiger partial charge in [-0.3, -0.25) is 4.90 Å². The monoisotopic (exact) mass is 314 g/mol. The van der Waals surface area contributed by atoms with Crippen molar-refractivity contribution in [2.24, 2.45) is 0 Å². The van der Waals surface area contributed by atoms with Crippen LogP contribution in [-0.2, 0) is 4.74 Å². The number of hydrogen-bond acceptors (Lipinski definition) is 3. The van der Waals surface area contributed by atoms with Crippen LogP contribution in [0, 0.1) is 0 Å². The van der Waals surface area contributed by atoms with Gasteiger partial charge >= 0.3 is 6.09 Å². The summed E-state index contributed by atoms with van der Waals surface area (Å²) in [6, 6.07) is 8.38.